The molecule has 6 nitrogen and oxygen atoms in total. The lowest BCUT2D eigenvalue weighted by atomic mass is 10.0. The van der Waals surface area contributed by atoms with Gasteiger partial charge in [-0.25, -0.2) is 0 Å². The Labute approximate surface area is 157 Å². The molecular formula is C21H21N5O. The Bertz CT molecular complexity index is 1070. The highest BCUT2D eigenvalue weighted by atomic mass is 16.1. The lowest BCUT2D eigenvalue weighted by molar-refractivity contribution is -0.116. The molecule has 2 aromatic carbocycles. The Hall–Kier alpha value is -3.41. The first kappa shape index (κ1) is 17.0. The number of benzene rings is 2. The molecule has 6 heteroatoms. The summed E-state index contributed by atoms with van der Waals surface area (Å²) in [5, 5.41) is 14.0. The van der Waals surface area contributed by atoms with E-state index in [0.29, 0.717) is 25.3 Å². The van der Waals surface area contributed by atoms with E-state index in [9.17, 15) is 4.79 Å². The third-order valence-electron chi connectivity index (χ3n) is 4.46. The highest BCUT2D eigenvalue weighted by Crippen LogP contribution is 2.19. The van der Waals surface area contributed by atoms with Crippen LogP contribution in [0, 0.1) is 6.92 Å². The van der Waals surface area contributed by atoms with Crippen molar-refractivity contribution in [2.45, 2.75) is 26.4 Å². The molecule has 0 radical (unpaired) electrons. The second-order valence-corrected chi connectivity index (χ2v) is 6.56. The fourth-order valence-corrected chi connectivity index (χ4v) is 3.13. The SMILES string of the molecule is Cc1ccn(CCC(=O)Nc2ccn(Cc3cccc4ccccc34)n2)n1. The quantitative estimate of drug-likeness (QED) is 0.572. The van der Waals surface area contributed by atoms with E-state index < -0.39 is 0 Å². The van der Waals surface area contributed by atoms with E-state index in [-0.39, 0.29) is 5.91 Å². The van der Waals surface area contributed by atoms with E-state index in [0.717, 1.165) is 5.69 Å². The number of aryl methyl sites for hydroxylation is 2. The van der Waals surface area contributed by atoms with Crippen molar-refractivity contribution < 1.29 is 4.79 Å². The molecule has 0 fully saturated rings. The van der Waals surface area contributed by atoms with Gasteiger partial charge in [-0.3, -0.25) is 14.2 Å². The molecule has 0 unspecified atom stereocenters. The lowest BCUT2D eigenvalue weighted by Gasteiger charge is -2.07. The molecule has 2 aromatic heterocycles. The Kier molecular flexibility index (Phi) is 4.70. The molecule has 0 spiro atoms. The summed E-state index contributed by atoms with van der Waals surface area (Å²) in [5.74, 6) is 0.496. The summed E-state index contributed by atoms with van der Waals surface area (Å²) in [6, 6.07) is 18.3. The monoisotopic (exact) mass is 359 g/mol. The Morgan fingerprint density at radius 1 is 0.963 bits per heavy atom. The molecule has 136 valence electrons. The summed E-state index contributed by atoms with van der Waals surface area (Å²) in [6.45, 7) is 3.14. The first-order valence-corrected chi connectivity index (χ1v) is 8.97. The molecule has 4 aromatic rings. The number of amides is 1. The number of fused-ring (bicyclic) bond motifs is 1. The van der Waals surface area contributed by atoms with Gasteiger partial charge in [0, 0.05) is 31.4 Å². The van der Waals surface area contributed by atoms with Gasteiger partial charge < -0.3 is 5.32 Å². The number of nitrogens with one attached hydrogen (secondary N) is 1. The van der Waals surface area contributed by atoms with Crippen LogP contribution in [0.15, 0.2) is 67.0 Å². The molecule has 0 saturated heterocycles. The van der Waals surface area contributed by atoms with Crippen LogP contribution >= 0.6 is 0 Å². The van der Waals surface area contributed by atoms with Gasteiger partial charge in [0.2, 0.25) is 5.91 Å². The topological polar surface area (TPSA) is 64.7 Å². The van der Waals surface area contributed by atoms with Crippen LogP contribution in [0.3, 0.4) is 0 Å². The van der Waals surface area contributed by atoms with E-state index >= 15 is 0 Å². The van der Waals surface area contributed by atoms with Crippen molar-refractivity contribution in [1.29, 1.82) is 0 Å². The van der Waals surface area contributed by atoms with Crippen molar-refractivity contribution >= 4 is 22.5 Å². The zero-order valence-corrected chi connectivity index (χ0v) is 15.2. The molecule has 1 N–H and O–H groups in total. The molecule has 0 aliphatic rings. The molecular weight excluding hydrogens is 338 g/mol. The third kappa shape index (κ3) is 4.06. The normalized spacial score (nSPS) is 11.0. The van der Waals surface area contributed by atoms with E-state index in [2.05, 4.69) is 45.8 Å². The number of hydrogen-bond donors (Lipinski definition) is 1. The summed E-state index contributed by atoms with van der Waals surface area (Å²) in [6.07, 6.45) is 4.12. The summed E-state index contributed by atoms with van der Waals surface area (Å²) in [4.78, 5) is 12.1. The second kappa shape index (κ2) is 7.45. The third-order valence-corrected chi connectivity index (χ3v) is 4.46. The lowest BCUT2D eigenvalue weighted by Crippen LogP contribution is -2.15. The average Bonchev–Trinajstić information content (AvgIpc) is 3.29. The van der Waals surface area contributed by atoms with Gasteiger partial charge in [-0.15, -0.1) is 0 Å². The van der Waals surface area contributed by atoms with Crippen LogP contribution in [0.1, 0.15) is 17.7 Å². The van der Waals surface area contributed by atoms with Gasteiger partial charge in [0.05, 0.1) is 12.2 Å². The minimum Gasteiger partial charge on any atom is -0.309 e. The van der Waals surface area contributed by atoms with E-state index in [1.807, 2.05) is 48.3 Å². The van der Waals surface area contributed by atoms with Crippen molar-refractivity contribution in [1.82, 2.24) is 19.6 Å². The number of hydrogen-bond acceptors (Lipinski definition) is 3. The van der Waals surface area contributed by atoms with Gasteiger partial charge in [-0.05, 0) is 29.3 Å². The Morgan fingerprint density at radius 2 is 1.78 bits per heavy atom. The van der Waals surface area contributed by atoms with Crippen molar-refractivity contribution in [3.63, 3.8) is 0 Å². The van der Waals surface area contributed by atoms with Crippen LogP contribution in [0.4, 0.5) is 5.82 Å². The molecule has 0 saturated carbocycles. The first-order chi connectivity index (χ1) is 13.2. The largest absolute Gasteiger partial charge is 0.309 e. The predicted octanol–water partition coefficient (Wildman–Crippen LogP) is 3.62. The first-order valence-electron chi connectivity index (χ1n) is 8.97. The van der Waals surface area contributed by atoms with Crippen molar-refractivity contribution in [2.75, 3.05) is 5.32 Å². The number of carbonyl (C=O) groups excluding carboxylic acids is 1. The maximum absolute atomic E-state index is 12.1. The summed E-state index contributed by atoms with van der Waals surface area (Å²) < 4.78 is 3.61. The fourth-order valence-electron chi connectivity index (χ4n) is 3.13. The van der Waals surface area contributed by atoms with Crippen LogP contribution in [0.25, 0.3) is 10.8 Å². The standard InChI is InChI=1S/C21H21N5O/c1-16-9-12-25(23-16)14-11-21(27)22-20-10-13-26(24-20)15-18-7-4-6-17-5-2-3-8-19(17)18/h2-10,12-13H,11,14-15H2,1H3,(H,22,24,27). The van der Waals surface area contributed by atoms with Crippen molar-refractivity contribution in [3.8, 4) is 0 Å². The van der Waals surface area contributed by atoms with E-state index in [4.69, 9.17) is 0 Å². The van der Waals surface area contributed by atoms with E-state index in [1.165, 1.54) is 16.3 Å². The smallest absolute Gasteiger partial charge is 0.227 e. The van der Waals surface area contributed by atoms with Gasteiger partial charge in [0.1, 0.15) is 0 Å². The zero-order chi connectivity index (χ0) is 18.6. The number of carbonyl (C=O) groups is 1. The number of nitrogens with zero attached hydrogens (tertiary/aromatic N) is 4. The predicted molar refractivity (Wildman–Crippen MR) is 105 cm³/mol. The fraction of sp³-hybridized carbons (Fsp3) is 0.190. The molecule has 0 aliphatic heterocycles. The molecule has 27 heavy (non-hydrogen) atoms. The number of anilines is 1. The molecule has 0 atom stereocenters. The maximum atomic E-state index is 12.1. The molecule has 1 amide bonds. The van der Waals surface area contributed by atoms with Gasteiger partial charge in [-0.1, -0.05) is 42.5 Å². The van der Waals surface area contributed by atoms with Gasteiger partial charge in [-0.2, -0.15) is 10.2 Å². The zero-order valence-electron chi connectivity index (χ0n) is 15.2. The maximum Gasteiger partial charge on any atom is 0.227 e. The minimum atomic E-state index is -0.0708. The van der Waals surface area contributed by atoms with Crippen LogP contribution in [0.2, 0.25) is 0 Å². The highest BCUT2D eigenvalue weighted by Gasteiger charge is 2.07. The van der Waals surface area contributed by atoms with Crippen molar-refractivity contribution in [3.05, 3.63) is 78.2 Å². The second-order valence-electron chi connectivity index (χ2n) is 6.56. The van der Waals surface area contributed by atoms with Crippen LogP contribution in [0.5, 0.6) is 0 Å². The van der Waals surface area contributed by atoms with Crippen LogP contribution in [-0.2, 0) is 17.9 Å². The summed E-state index contributed by atoms with van der Waals surface area (Å²) in [7, 11) is 0. The summed E-state index contributed by atoms with van der Waals surface area (Å²) >= 11 is 0. The Morgan fingerprint density at radius 3 is 2.63 bits per heavy atom. The highest BCUT2D eigenvalue weighted by molar-refractivity contribution is 5.89. The van der Waals surface area contributed by atoms with Crippen LogP contribution < -0.4 is 5.32 Å². The van der Waals surface area contributed by atoms with Gasteiger partial charge in [0.25, 0.3) is 0 Å². The molecule has 4 rings (SSSR count). The molecule has 0 aliphatic carbocycles. The number of aromatic nitrogens is 4. The number of rotatable bonds is 6. The molecule has 2 heterocycles. The summed E-state index contributed by atoms with van der Waals surface area (Å²) in [5.41, 5.74) is 2.14. The molecule has 0 bridgehead atoms. The minimum absolute atomic E-state index is 0.0708. The van der Waals surface area contributed by atoms with Crippen LogP contribution in [-0.4, -0.2) is 25.5 Å². The van der Waals surface area contributed by atoms with Gasteiger partial charge >= 0.3 is 0 Å². The van der Waals surface area contributed by atoms with Crippen molar-refractivity contribution in [2.24, 2.45) is 0 Å². The average molecular weight is 359 g/mol. The Balaban J connectivity index is 1.38. The van der Waals surface area contributed by atoms with Gasteiger partial charge in [0.15, 0.2) is 5.82 Å². The van der Waals surface area contributed by atoms with E-state index in [1.54, 1.807) is 4.68 Å².